The van der Waals surface area contributed by atoms with Crippen molar-refractivity contribution in [3.05, 3.63) is 24.3 Å². The zero-order chi connectivity index (χ0) is 12.4. The molecule has 0 atom stereocenters. The molecule has 16 heavy (non-hydrogen) atoms. The van der Waals surface area contributed by atoms with Crippen LogP contribution in [0.1, 0.15) is 5.82 Å². The van der Waals surface area contributed by atoms with Crippen LogP contribution in [-0.4, -0.2) is 31.5 Å². The maximum atomic E-state index is 9.47. The van der Waals surface area contributed by atoms with Gasteiger partial charge in [0, 0.05) is 19.5 Å². The highest BCUT2D eigenvalue weighted by Gasteiger charge is 1.88. The van der Waals surface area contributed by atoms with E-state index in [9.17, 15) is 13.2 Å². The van der Waals surface area contributed by atoms with Crippen LogP contribution in [0.25, 0.3) is 0 Å². The third kappa shape index (κ3) is 8.72. The van der Waals surface area contributed by atoms with E-state index in [4.69, 9.17) is 4.74 Å². The quantitative estimate of drug-likeness (QED) is 0.767. The molecule has 0 unspecified atom stereocenters. The number of methoxy groups -OCH3 is 1. The second kappa shape index (κ2) is 8.44. The van der Waals surface area contributed by atoms with Crippen LogP contribution in [0.15, 0.2) is 22.8 Å². The van der Waals surface area contributed by atoms with Crippen LogP contribution in [0.4, 0.5) is 4.79 Å². The summed E-state index contributed by atoms with van der Waals surface area (Å²) in [5.41, 5.74) is 4.29. The molecule has 0 aromatic carbocycles. The zero-order valence-corrected chi connectivity index (χ0v) is 9.22. The summed E-state index contributed by atoms with van der Waals surface area (Å²) in [4.78, 5) is 17.3. The average Bonchev–Trinajstić information content (AvgIpc) is 2.18. The Labute approximate surface area is 93.2 Å². The van der Waals surface area contributed by atoms with Crippen molar-refractivity contribution in [2.45, 2.75) is 6.61 Å². The molecule has 0 aliphatic heterocycles. The van der Waals surface area contributed by atoms with Gasteiger partial charge in [0.1, 0.15) is 6.61 Å². The van der Waals surface area contributed by atoms with Gasteiger partial charge in [-0.25, -0.2) is 14.8 Å². The minimum absolute atomic E-state index is 0.487. The number of urea groups is 1. The van der Waals surface area contributed by atoms with Gasteiger partial charge in [-0.2, -0.15) is 8.42 Å². The fourth-order valence-corrected chi connectivity index (χ4v) is 0.754. The Morgan fingerprint density at radius 3 is 2.38 bits per heavy atom. The van der Waals surface area contributed by atoms with E-state index in [1.165, 1.54) is 0 Å². The highest BCUT2D eigenvalue weighted by Crippen LogP contribution is 1.87. The van der Waals surface area contributed by atoms with Crippen molar-refractivity contribution in [2.75, 3.05) is 7.11 Å². The van der Waals surface area contributed by atoms with Crippen molar-refractivity contribution in [2.24, 2.45) is 10.1 Å². The number of nitrogens with zero attached hydrogens (tertiary/aromatic N) is 3. The first-order valence-electron chi connectivity index (χ1n) is 3.91. The van der Waals surface area contributed by atoms with E-state index in [1.807, 2.05) is 0 Å². The fraction of sp³-hybridized carbons (Fsp3) is 0.286. The molecule has 8 nitrogen and oxygen atoms in total. The lowest BCUT2D eigenvalue weighted by Gasteiger charge is -1.93. The minimum atomic E-state index is -2.70. The summed E-state index contributed by atoms with van der Waals surface area (Å²) >= 11 is 0. The molecule has 1 rings (SSSR count). The Morgan fingerprint density at radius 2 is 2.06 bits per heavy atom. The first-order valence-corrected chi connectivity index (χ1v) is 4.94. The molecule has 0 fully saturated rings. The lowest BCUT2D eigenvalue weighted by Crippen LogP contribution is -2.02. The maximum absolute atomic E-state index is 9.47. The predicted molar refractivity (Wildman–Crippen MR) is 53.7 cm³/mol. The monoisotopic (exact) mass is 246 g/mol. The van der Waals surface area contributed by atoms with Crippen LogP contribution in [0.5, 0.6) is 0 Å². The average molecular weight is 246 g/mol. The number of amides is 2. The van der Waals surface area contributed by atoms with Crippen LogP contribution in [-0.2, 0) is 21.8 Å². The van der Waals surface area contributed by atoms with Crippen LogP contribution >= 0.6 is 0 Å². The van der Waals surface area contributed by atoms with E-state index < -0.39 is 16.5 Å². The summed E-state index contributed by atoms with van der Waals surface area (Å²) in [6, 6.07) is 0.576. The maximum Gasteiger partial charge on any atom is 0.353 e. The lowest BCUT2D eigenvalue weighted by molar-refractivity contribution is 0.177. The van der Waals surface area contributed by atoms with Gasteiger partial charge in [0.05, 0.1) is 0 Å². The van der Waals surface area contributed by atoms with Crippen LogP contribution in [0.3, 0.4) is 0 Å². The van der Waals surface area contributed by atoms with Crippen molar-refractivity contribution in [3.8, 4) is 0 Å². The molecular weight excluding hydrogens is 236 g/mol. The van der Waals surface area contributed by atoms with E-state index in [2.05, 4.69) is 20.1 Å². The summed E-state index contributed by atoms with van der Waals surface area (Å²) in [6.45, 7) is 0.487. The molecule has 2 N–H and O–H groups in total. The molecule has 0 spiro atoms. The molecule has 0 saturated carbocycles. The van der Waals surface area contributed by atoms with E-state index in [0.717, 1.165) is 5.82 Å². The molecule has 0 saturated heterocycles. The van der Waals surface area contributed by atoms with Gasteiger partial charge in [-0.1, -0.05) is 4.36 Å². The van der Waals surface area contributed by atoms with E-state index >= 15 is 0 Å². The normalized spacial score (nSPS) is 8.56. The second-order valence-electron chi connectivity index (χ2n) is 2.24. The molecule has 0 radical (unpaired) electrons. The molecule has 2 amide bonds. The smallest absolute Gasteiger partial charge is 0.353 e. The van der Waals surface area contributed by atoms with Gasteiger partial charge >= 0.3 is 16.5 Å². The van der Waals surface area contributed by atoms with Crippen LogP contribution in [0, 0.1) is 0 Å². The van der Waals surface area contributed by atoms with Gasteiger partial charge in [0.2, 0.25) is 0 Å². The number of carbonyl (C=O) groups excluding carboxylic acids is 1. The Bertz CT molecular complexity index is 437. The lowest BCUT2D eigenvalue weighted by atomic mass is 10.6. The van der Waals surface area contributed by atoms with Gasteiger partial charge in [-0.15, -0.1) is 0 Å². The molecular formula is C7H10N4O4S. The second-order valence-corrected chi connectivity index (χ2v) is 2.86. The third-order valence-electron chi connectivity index (χ3n) is 1.06. The number of ether oxygens (including phenoxy) is 1. The van der Waals surface area contributed by atoms with Crippen molar-refractivity contribution in [1.82, 2.24) is 9.97 Å². The Morgan fingerprint density at radius 1 is 1.50 bits per heavy atom. The van der Waals surface area contributed by atoms with Crippen LogP contribution < -0.4 is 5.73 Å². The largest absolute Gasteiger partial charge is 0.377 e. The number of nitrogens with two attached hydrogens (primary N) is 1. The van der Waals surface area contributed by atoms with Crippen molar-refractivity contribution in [1.29, 1.82) is 0 Å². The molecule has 1 heterocycles. The number of rotatable bonds is 2. The number of hydrogen-bond acceptors (Lipinski definition) is 6. The fourth-order valence-electron chi connectivity index (χ4n) is 0.607. The highest BCUT2D eigenvalue weighted by atomic mass is 32.2. The van der Waals surface area contributed by atoms with Gasteiger partial charge in [0.25, 0.3) is 0 Å². The standard InChI is InChI=1S/C6H8N2O.CH2N2O3S/c1-9-5-6-7-3-2-4-8-6;2-1(4)3-7(5)6/h2-4H,5H2,1H3;(H2,2,4). The number of carbonyl (C=O) groups is 1. The zero-order valence-electron chi connectivity index (χ0n) is 8.40. The molecule has 0 aliphatic rings. The van der Waals surface area contributed by atoms with Gasteiger partial charge in [-0.05, 0) is 6.07 Å². The van der Waals surface area contributed by atoms with Crippen molar-refractivity contribution < 1.29 is 17.9 Å². The molecule has 0 bridgehead atoms. The van der Waals surface area contributed by atoms with Gasteiger partial charge < -0.3 is 10.5 Å². The number of primary amides is 1. The Hall–Kier alpha value is -1.87. The highest BCUT2D eigenvalue weighted by molar-refractivity contribution is 7.62. The minimum Gasteiger partial charge on any atom is -0.377 e. The SMILES string of the molecule is COCc1ncccn1.NC(=O)N=S(=O)=O. The molecule has 0 aliphatic carbocycles. The summed E-state index contributed by atoms with van der Waals surface area (Å²) in [6.07, 6.45) is 3.39. The summed E-state index contributed by atoms with van der Waals surface area (Å²) in [7, 11) is -1.07. The van der Waals surface area contributed by atoms with Gasteiger partial charge in [0.15, 0.2) is 5.82 Å². The van der Waals surface area contributed by atoms with E-state index in [0.29, 0.717) is 6.61 Å². The summed E-state index contributed by atoms with van der Waals surface area (Å²) in [5, 5.41) is 0. The topological polar surface area (TPSA) is 125 Å². The van der Waals surface area contributed by atoms with Gasteiger partial charge in [-0.3, -0.25) is 0 Å². The molecule has 88 valence electrons. The Balaban J connectivity index is 0.000000293. The van der Waals surface area contributed by atoms with Crippen molar-refractivity contribution >= 4 is 16.5 Å². The first kappa shape index (κ1) is 14.1. The molecule has 9 heteroatoms. The third-order valence-corrected chi connectivity index (χ3v) is 1.39. The van der Waals surface area contributed by atoms with E-state index in [1.54, 1.807) is 25.6 Å². The number of hydrogen-bond donors (Lipinski definition) is 1. The number of aromatic nitrogens is 2. The van der Waals surface area contributed by atoms with E-state index in [-0.39, 0.29) is 0 Å². The Kier molecular flexibility index (Phi) is 7.45. The summed E-state index contributed by atoms with van der Waals surface area (Å²) < 4.78 is 25.8. The van der Waals surface area contributed by atoms with Crippen molar-refractivity contribution in [3.63, 3.8) is 0 Å². The summed E-state index contributed by atoms with van der Waals surface area (Å²) in [5.74, 6) is 0.722. The molecule has 1 aromatic rings. The predicted octanol–water partition coefficient (Wildman–Crippen LogP) is -0.249. The first-order chi connectivity index (χ1) is 7.56. The molecule has 1 aromatic heterocycles. The van der Waals surface area contributed by atoms with Crippen LogP contribution in [0.2, 0.25) is 0 Å².